The zero-order valence-electron chi connectivity index (χ0n) is 12.8. The lowest BCUT2D eigenvalue weighted by Gasteiger charge is -2.37. The molecular weight excluding hydrogens is 354 g/mol. The van der Waals surface area contributed by atoms with Crippen molar-refractivity contribution in [2.75, 3.05) is 18.1 Å². The van der Waals surface area contributed by atoms with Crippen molar-refractivity contribution in [3.8, 4) is 5.75 Å². The first-order valence-electron chi connectivity index (χ1n) is 7.21. The summed E-state index contributed by atoms with van der Waals surface area (Å²) in [5.74, 6) is -0.316. The third kappa shape index (κ3) is 3.24. The Labute approximate surface area is 137 Å². The molecule has 2 aromatic rings. The largest absolute Gasteiger partial charge is 0.489 e. The van der Waals surface area contributed by atoms with Crippen molar-refractivity contribution in [3.05, 3.63) is 34.1 Å². The van der Waals surface area contributed by atoms with E-state index in [1.807, 2.05) is 0 Å². The van der Waals surface area contributed by atoms with Gasteiger partial charge in [0.2, 0.25) is 5.56 Å². The number of pyridine rings is 1. The molecule has 1 N–H and O–H groups in total. The summed E-state index contributed by atoms with van der Waals surface area (Å²) < 4.78 is 83.8. The van der Waals surface area contributed by atoms with Crippen LogP contribution in [0.15, 0.2) is 23.0 Å². The number of H-pyrrole nitrogens is 1. The number of alkyl halides is 6. The number of aromatic amines is 1. The Bertz CT molecular complexity index is 871. The number of ether oxygens (including phenoxy) is 1. The molecule has 4 nitrogen and oxygen atoms in total. The highest BCUT2D eigenvalue weighted by atomic mass is 19.4. The molecule has 2 heterocycles. The smallest absolute Gasteiger partial charge is 0.417 e. The van der Waals surface area contributed by atoms with Crippen LogP contribution in [0.4, 0.5) is 32.0 Å². The summed E-state index contributed by atoms with van der Waals surface area (Å²) >= 11 is 0. The van der Waals surface area contributed by atoms with E-state index < -0.39 is 41.4 Å². The number of nitrogens with one attached hydrogen (secondary N) is 1. The number of hydrogen-bond donors (Lipinski definition) is 1. The molecule has 0 saturated carbocycles. The van der Waals surface area contributed by atoms with Crippen LogP contribution in [-0.2, 0) is 6.18 Å². The Balaban J connectivity index is 2.29. The number of benzene rings is 1. The summed E-state index contributed by atoms with van der Waals surface area (Å²) in [6, 6.07) is 2.06. The van der Waals surface area contributed by atoms with Crippen molar-refractivity contribution in [1.29, 1.82) is 0 Å². The van der Waals surface area contributed by atoms with Gasteiger partial charge in [-0.15, -0.1) is 0 Å². The van der Waals surface area contributed by atoms with E-state index in [9.17, 15) is 31.1 Å². The topological polar surface area (TPSA) is 45.3 Å². The van der Waals surface area contributed by atoms with Crippen molar-refractivity contribution < 1.29 is 31.1 Å². The molecule has 1 aromatic carbocycles. The highest BCUT2D eigenvalue weighted by molar-refractivity contribution is 5.94. The number of halogens is 6. The number of nitrogens with zero attached hydrogens (tertiary/aromatic N) is 1. The summed E-state index contributed by atoms with van der Waals surface area (Å²) in [6.45, 7) is -0.0459. The van der Waals surface area contributed by atoms with E-state index in [1.165, 1.54) is 13.0 Å². The average Bonchev–Trinajstić information content (AvgIpc) is 2.46. The summed E-state index contributed by atoms with van der Waals surface area (Å²) in [4.78, 5) is 14.7. The molecule has 10 heteroatoms. The van der Waals surface area contributed by atoms with Crippen LogP contribution in [0.5, 0.6) is 5.75 Å². The number of fused-ring (bicyclic) bond motifs is 3. The number of aromatic nitrogens is 1. The standard InChI is InChI=1S/C15H12F6N2O2/c1-7-5-25-13-10(23(7)6-14(16,17)18)3-2-9-12(13)8(15(19,20)21)4-11(24)22-9/h2-4,7H,5-6H2,1H3,(H,22,24). The molecule has 0 spiro atoms. The Morgan fingerprint density at radius 1 is 1.24 bits per heavy atom. The lowest BCUT2D eigenvalue weighted by Crippen LogP contribution is -2.46. The molecule has 1 aliphatic rings. The summed E-state index contributed by atoms with van der Waals surface area (Å²) in [6.07, 6.45) is -9.39. The monoisotopic (exact) mass is 366 g/mol. The van der Waals surface area contributed by atoms with Crippen LogP contribution >= 0.6 is 0 Å². The second-order valence-corrected chi connectivity index (χ2v) is 5.78. The number of hydrogen-bond acceptors (Lipinski definition) is 3. The Hall–Kier alpha value is -2.39. The summed E-state index contributed by atoms with van der Waals surface area (Å²) in [5, 5.41) is -0.455. The van der Waals surface area contributed by atoms with E-state index in [0.29, 0.717) is 6.07 Å². The Morgan fingerprint density at radius 2 is 1.92 bits per heavy atom. The predicted molar refractivity (Wildman–Crippen MR) is 77.9 cm³/mol. The van der Waals surface area contributed by atoms with Gasteiger partial charge in [0.25, 0.3) is 0 Å². The van der Waals surface area contributed by atoms with Crippen LogP contribution in [0, 0.1) is 0 Å². The lowest BCUT2D eigenvalue weighted by molar-refractivity contribution is -0.136. The van der Waals surface area contributed by atoms with Gasteiger partial charge in [-0.2, -0.15) is 26.3 Å². The molecule has 0 radical (unpaired) electrons. The van der Waals surface area contributed by atoms with Crippen LogP contribution < -0.4 is 15.2 Å². The number of rotatable bonds is 1. The van der Waals surface area contributed by atoms with Gasteiger partial charge in [0.15, 0.2) is 5.75 Å². The number of anilines is 1. The first-order chi connectivity index (χ1) is 11.5. The zero-order chi connectivity index (χ0) is 18.6. The van der Waals surface area contributed by atoms with Crippen molar-refractivity contribution in [1.82, 2.24) is 4.98 Å². The van der Waals surface area contributed by atoms with Gasteiger partial charge in [0.05, 0.1) is 28.2 Å². The van der Waals surface area contributed by atoms with E-state index in [-0.39, 0.29) is 23.6 Å². The Kier molecular flexibility index (Phi) is 3.88. The SMILES string of the molecule is CC1COc2c(ccc3[nH]c(=O)cc(C(F)(F)F)c23)N1CC(F)(F)F. The average molecular weight is 366 g/mol. The van der Waals surface area contributed by atoms with Crippen molar-refractivity contribution in [2.24, 2.45) is 0 Å². The summed E-state index contributed by atoms with van der Waals surface area (Å²) in [5.41, 5.74) is -2.46. The van der Waals surface area contributed by atoms with E-state index in [0.717, 1.165) is 11.0 Å². The second kappa shape index (κ2) is 5.57. The normalized spacial score (nSPS) is 18.2. The molecule has 0 aliphatic carbocycles. The third-order valence-corrected chi connectivity index (χ3v) is 3.90. The predicted octanol–water partition coefficient (Wildman–Crippen LogP) is 3.70. The molecule has 0 saturated heterocycles. The fourth-order valence-electron chi connectivity index (χ4n) is 2.88. The van der Waals surface area contributed by atoms with Crippen LogP contribution in [-0.4, -0.2) is 30.4 Å². The minimum absolute atomic E-state index is 0.0962. The summed E-state index contributed by atoms with van der Waals surface area (Å²) in [7, 11) is 0. The molecule has 25 heavy (non-hydrogen) atoms. The van der Waals surface area contributed by atoms with Gasteiger partial charge in [0.1, 0.15) is 13.2 Å². The first kappa shape index (κ1) is 17.4. The van der Waals surface area contributed by atoms with Crippen molar-refractivity contribution >= 4 is 16.6 Å². The highest BCUT2D eigenvalue weighted by Crippen LogP contribution is 2.45. The molecule has 0 fully saturated rings. The minimum Gasteiger partial charge on any atom is -0.489 e. The van der Waals surface area contributed by atoms with Gasteiger partial charge in [-0.3, -0.25) is 4.79 Å². The van der Waals surface area contributed by atoms with Crippen LogP contribution in [0.1, 0.15) is 12.5 Å². The zero-order valence-corrected chi connectivity index (χ0v) is 12.8. The molecule has 136 valence electrons. The fraction of sp³-hybridized carbons (Fsp3) is 0.400. The van der Waals surface area contributed by atoms with E-state index in [2.05, 4.69) is 4.98 Å². The molecule has 1 aliphatic heterocycles. The van der Waals surface area contributed by atoms with E-state index in [1.54, 1.807) is 0 Å². The molecule has 1 atom stereocenters. The maximum Gasteiger partial charge on any atom is 0.417 e. The maximum atomic E-state index is 13.3. The lowest BCUT2D eigenvalue weighted by atomic mass is 10.0. The Morgan fingerprint density at radius 3 is 2.52 bits per heavy atom. The third-order valence-electron chi connectivity index (χ3n) is 3.90. The molecule has 0 bridgehead atoms. The molecular formula is C15H12F6N2O2. The van der Waals surface area contributed by atoms with E-state index >= 15 is 0 Å². The molecule has 3 rings (SSSR count). The second-order valence-electron chi connectivity index (χ2n) is 5.78. The van der Waals surface area contributed by atoms with E-state index in [4.69, 9.17) is 4.74 Å². The van der Waals surface area contributed by atoms with Gasteiger partial charge >= 0.3 is 12.4 Å². The minimum atomic E-state index is -4.86. The van der Waals surface area contributed by atoms with Crippen LogP contribution in [0.25, 0.3) is 10.9 Å². The molecule has 1 unspecified atom stereocenters. The van der Waals surface area contributed by atoms with Gasteiger partial charge in [-0.25, -0.2) is 0 Å². The van der Waals surface area contributed by atoms with Gasteiger partial charge < -0.3 is 14.6 Å². The quantitative estimate of drug-likeness (QED) is 0.783. The van der Waals surface area contributed by atoms with Gasteiger partial charge in [-0.05, 0) is 19.1 Å². The highest BCUT2D eigenvalue weighted by Gasteiger charge is 2.39. The van der Waals surface area contributed by atoms with Gasteiger partial charge in [0, 0.05) is 6.07 Å². The van der Waals surface area contributed by atoms with Crippen LogP contribution in [0.3, 0.4) is 0 Å². The molecule has 0 amide bonds. The fourth-order valence-corrected chi connectivity index (χ4v) is 2.88. The van der Waals surface area contributed by atoms with Crippen molar-refractivity contribution in [3.63, 3.8) is 0 Å². The van der Waals surface area contributed by atoms with Crippen molar-refractivity contribution in [2.45, 2.75) is 25.3 Å². The van der Waals surface area contributed by atoms with Crippen LogP contribution in [0.2, 0.25) is 0 Å². The molecule has 1 aromatic heterocycles. The van der Waals surface area contributed by atoms with Gasteiger partial charge in [-0.1, -0.05) is 0 Å². The maximum absolute atomic E-state index is 13.3. The first-order valence-corrected chi connectivity index (χ1v) is 7.21.